The molecule has 0 atom stereocenters. The summed E-state index contributed by atoms with van der Waals surface area (Å²) in [5, 5.41) is 0. The second-order valence-electron chi connectivity index (χ2n) is 6.46. The molecule has 0 heterocycles. The van der Waals surface area contributed by atoms with Crippen molar-refractivity contribution in [3.63, 3.8) is 0 Å². The van der Waals surface area contributed by atoms with Crippen LogP contribution in [-0.4, -0.2) is 24.5 Å². The molecular weight excluding hydrogens is 182 g/mol. The lowest BCUT2D eigenvalue weighted by atomic mass is 9.58. The maximum absolute atomic E-state index is 2.45. The fourth-order valence-corrected chi connectivity index (χ4v) is 3.43. The predicted molar refractivity (Wildman–Crippen MR) is 65.9 cm³/mol. The Balaban J connectivity index is 2.09. The van der Waals surface area contributed by atoms with Crippen molar-refractivity contribution in [2.24, 2.45) is 17.8 Å². The molecule has 15 heavy (non-hydrogen) atoms. The summed E-state index contributed by atoms with van der Waals surface area (Å²) in [6, 6.07) is 0. The van der Waals surface area contributed by atoms with E-state index in [9.17, 15) is 0 Å². The third-order valence-corrected chi connectivity index (χ3v) is 5.28. The molecule has 2 rings (SSSR count). The van der Waals surface area contributed by atoms with Gasteiger partial charge in [0.1, 0.15) is 0 Å². The van der Waals surface area contributed by atoms with Gasteiger partial charge >= 0.3 is 0 Å². The van der Waals surface area contributed by atoms with E-state index in [-0.39, 0.29) is 0 Å². The average Bonchev–Trinajstić information content (AvgIpc) is 1.96. The van der Waals surface area contributed by atoms with E-state index in [2.05, 4.69) is 32.8 Å². The van der Waals surface area contributed by atoms with Gasteiger partial charge in [-0.2, -0.15) is 0 Å². The van der Waals surface area contributed by atoms with Crippen LogP contribution >= 0.6 is 0 Å². The zero-order chi connectivity index (χ0) is 11.1. The van der Waals surface area contributed by atoms with Crippen LogP contribution in [0.5, 0.6) is 0 Å². The molecule has 0 radical (unpaired) electrons. The minimum absolute atomic E-state index is 0.399. The number of hydrogen-bond acceptors (Lipinski definition) is 1. The van der Waals surface area contributed by atoms with Crippen molar-refractivity contribution in [1.82, 2.24) is 4.90 Å². The molecule has 0 aromatic rings. The first-order chi connectivity index (χ1) is 7.03. The lowest BCUT2D eigenvalue weighted by Gasteiger charge is -2.53. The van der Waals surface area contributed by atoms with E-state index >= 15 is 0 Å². The molecule has 0 aromatic carbocycles. The van der Waals surface area contributed by atoms with Crippen molar-refractivity contribution >= 4 is 0 Å². The summed E-state index contributed by atoms with van der Waals surface area (Å²) in [5.74, 6) is 3.02. The Morgan fingerprint density at radius 1 is 0.933 bits per heavy atom. The van der Waals surface area contributed by atoms with Crippen LogP contribution in [0.2, 0.25) is 0 Å². The lowest BCUT2D eigenvalue weighted by molar-refractivity contribution is -0.0214. The highest BCUT2D eigenvalue weighted by Crippen LogP contribution is 2.50. The van der Waals surface area contributed by atoms with E-state index in [1.54, 1.807) is 0 Å². The van der Waals surface area contributed by atoms with Gasteiger partial charge in [-0.05, 0) is 45.7 Å². The largest absolute Gasteiger partial charge is 0.304 e. The molecule has 2 fully saturated rings. The first-order valence-electron chi connectivity index (χ1n) is 6.71. The van der Waals surface area contributed by atoms with Crippen LogP contribution in [0.15, 0.2) is 0 Å². The van der Waals surface area contributed by atoms with Crippen LogP contribution in [0.3, 0.4) is 0 Å². The van der Waals surface area contributed by atoms with Crippen LogP contribution in [0, 0.1) is 17.8 Å². The molecule has 0 spiro atoms. The molecule has 0 bridgehead atoms. The second kappa shape index (κ2) is 4.08. The van der Waals surface area contributed by atoms with Gasteiger partial charge in [-0.15, -0.1) is 0 Å². The van der Waals surface area contributed by atoms with Gasteiger partial charge in [0, 0.05) is 5.54 Å². The molecule has 2 aliphatic rings. The van der Waals surface area contributed by atoms with Crippen LogP contribution < -0.4 is 0 Å². The lowest BCUT2D eigenvalue weighted by Crippen LogP contribution is -2.53. The SMILES string of the molecule is CN(C)C(C)(C)C(C1CCC1)C1CCC1. The molecule has 0 aromatic heterocycles. The third-order valence-electron chi connectivity index (χ3n) is 5.28. The molecular formula is C14H27N. The van der Waals surface area contributed by atoms with Crippen molar-refractivity contribution in [3.05, 3.63) is 0 Å². The normalized spacial score (nSPS) is 24.4. The van der Waals surface area contributed by atoms with Crippen molar-refractivity contribution < 1.29 is 0 Å². The molecule has 2 saturated carbocycles. The smallest absolute Gasteiger partial charge is 0.0180 e. The molecule has 0 amide bonds. The maximum Gasteiger partial charge on any atom is 0.0180 e. The first kappa shape index (κ1) is 11.4. The van der Waals surface area contributed by atoms with Crippen LogP contribution in [0.25, 0.3) is 0 Å². The molecule has 88 valence electrons. The van der Waals surface area contributed by atoms with E-state index in [0.29, 0.717) is 5.54 Å². The molecule has 0 N–H and O–H groups in total. The standard InChI is InChI=1S/C14H27N/c1-14(2,15(3)4)13(11-7-5-8-11)12-9-6-10-12/h11-13H,5-10H2,1-4H3. The van der Waals surface area contributed by atoms with E-state index in [1.165, 1.54) is 38.5 Å². The molecule has 1 heteroatoms. The second-order valence-corrected chi connectivity index (χ2v) is 6.46. The van der Waals surface area contributed by atoms with Gasteiger partial charge in [-0.1, -0.05) is 38.5 Å². The summed E-state index contributed by atoms with van der Waals surface area (Å²) in [7, 11) is 4.51. The van der Waals surface area contributed by atoms with Crippen molar-refractivity contribution in [1.29, 1.82) is 0 Å². The highest BCUT2D eigenvalue weighted by Gasteiger charge is 2.45. The Hall–Kier alpha value is -0.0400. The van der Waals surface area contributed by atoms with Crippen LogP contribution in [0.4, 0.5) is 0 Å². The molecule has 0 unspecified atom stereocenters. The Kier molecular flexibility index (Phi) is 3.12. The zero-order valence-corrected chi connectivity index (χ0v) is 10.9. The van der Waals surface area contributed by atoms with E-state index in [0.717, 1.165) is 17.8 Å². The maximum atomic E-state index is 2.45. The van der Waals surface area contributed by atoms with Gasteiger partial charge in [0.15, 0.2) is 0 Å². The van der Waals surface area contributed by atoms with E-state index in [1.807, 2.05) is 0 Å². The Morgan fingerprint density at radius 2 is 1.33 bits per heavy atom. The molecule has 0 aliphatic heterocycles. The zero-order valence-electron chi connectivity index (χ0n) is 10.9. The monoisotopic (exact) mass is 209 g/mol. The van der Waals surface area contributed by atoms with Crippen LogP contribution in [0.1, 0.15) is 52.4 Å². The minimum Gasteiger partial charge on any atom is -0.304 e. The van der Waals surface area contributed by atoms with Crippen molar-refractivity contribution in [3.8, 4) is 0 Å². The number of rotatable bonds is 4. The Labute approximate surface area is 95.2 Å². The molecule has 2 aliphatic carbocycles. The fourth-order valence-electron chi connectivity index (χ4n) is 3.43. The van der Waals surface area contributed by atoms with E-state index < -0.39 is 0 Å². The summed E-state index contributed by atoms with van der Waals surface area (Å²) < 4.78 is 0. The van der Waals surface area contributed by atoms with Gasteiger partial charge in [0.25, 0.3) is 0 Å². The van der Waals surface area contributed by atoms with Gasteiger partial charge in [0.2, 0.25) is 0 Å². The third kappa shape index (κ3) is 1.95. The van der Waals surface area contributed by atoms with Gasteiger partial charge in [-0.25, -0.2) is 0 Å². The fraction of sp³-hybridized carbons (Fsp3) is 1.00. The molecule has 1 nitrogen and oxygen atoms in total. The highest BCUT2D eigenvalue weighted by molar-refractivity contribution is 4.98. The molecule has 0 saturated heterocycles. The summed E-state index contributed by atoms with van der Waals surface area (Å²) >= 11 is 0. The quantitative estimate of drug-likeness (QED) is 0.684. The van der Waals surface area contributed by atoms with Crippen molar-refractivity contribution in [2.75, 3.05) is 14.1 Å². The average molecular weight is 209 g/mol. The Morgan fingerprint density at radius 3 is 1.53 bits per heavy atom. The van der Waals surface area contributed by atoms with Crippen LogP contribution in [-0.2, 0) is 0 Å². The minimum atomic E-state index is 0.399. The Bertz CT molecular complexity index is 197. The van der Waals surface area contributed by atoms with Crippen molar-refractivity contribution in [2.45, 2.75) is 57.9 Å². The van der Waals surface area contributed by atoms with Gasteiger partial charge in [0.05, 0.1) is 0 Å². The number of hydrogen-bond donors (Lipinski definition) is 0. The first-order valence-corrected chi connectivity index (χ1v) is 6.71. The summed E-state index contributed by atoms with van der Waals surface area (Å²) in [6.45, 7) is 4.91. The summed E-state index contributed by atoms with van der Waals surface area (Å²) in [5.41, 5.74) is 0.399. The highest BCUT2D eigenvalue weighted by atomic mass is 15.1. The van der Waals surface area contributed by atoms with Gasteiger partial charge in [-0.3, -0.25) is 0 Å². The summed E-state index contributed by atoms with van der Waals surface area (Å²) in [6.07, 6.45) is 8.96. The number of nitrogens with zero attached hydrogens (tertiary/aromatic N) is 1. The summed E-state index contributed by atoms with van der Waals surface area (Å²) in [4.78, 5) is 2.45. The van der Waals surface area contributed by atoms with Gasteiger partial charge < -0.3 is 4.90 Å². The topological polar surface area (TPSA) is 3.24 Å². The van der Waals surface area contributed by atoms with E-state index in [4.69, 9.17) is 0 Å². The predicted octanol–water partition coefficient (Wildman–Crippen LogP) is 3.54.